The highest BCUT2D eigenvalue weighted by Gasteiger charge is 2.24. The summed E-state index contributed by atoms with van der Waals surface area (Å²) in [5.41, 5.74) is 1.58. The Bertz CT molecular complexity index is 874. The number of esters is 1. The number of furan rings is 1. The Balaban J connectivity index is 1.57. The Labute approximate surface area is 155 Å². The average molecular weight is 370 g/mol. The molecule has 0 fully saturated rings. The van der Waals surface area contributed by atoms with Gasteiger partial charge in [-0.2, -0.15) is 5.26 Å². The number of carbonyl (C=O) groups is 2. The van der Waals surface area contributed by atoms with Crippen molar-refractivity contribution in [2.24, 2.45) is 5.92 Å². The molecule has 0 aromatic carbocycles. The molecular formula is C19H18N2O4S. The van der Waals surface area contributed by atoms with Crippen molar-refractivity contribution in [3.05, 3.63) is 46.2 Å². The van der Waals surface area contributed by atoms with Crippen LogP contribution in [-0.2, 0) is 27.2 Å². The van der Waals surface area contributed by atoms with Gasteiger partial charge < -0.3 is 14.5 Å². The van der Waals surface area contributed by atoms with Crippen LogP contribution in [0.1, 0.15) is 35.1 Å². The fourth-order valence-electron chi connectivity index (χ4n) is 2.84. The van der Waals surface area contributed by atoms with Crippen molar-refractivity contribution in [2.75, 3.05) is 11.9 Å². The summed E-state index contributed by atoms with van der Waals surface area (Å²) in [6.45, 7) is 1.77. The van der Waals surface area contributed by atoms with Crippen molar-refractivity contribution >= 4 is 34.3 Å². The number of fused-ring (bicyclic) bond motifs is 1. The van der Waals surface area contributed by atoms with Crippen molar-refractivity contribution in [3.63, 3.8) is 0 Å². The summed E-state index contributed by atoms with van der Waals surface area (Å²) < 4.78 is 9.97. The molecule has 6 nitrogen and oxygen atoms in total. The first-order chi connectivity index (χ1) is 12.6. The third-order valence-electron chi connectivity index (χ3n) is 4.15. The van der Waals surface area contributed by atoms with Crippen LogP contribution in [0.5, 0.6) is 0 Å². The monoisotopic (exact) mass is 370 g/mol. The van der Waals surface area contributed by atoms with Crippen LogP contribution >= 0.6 is 11.3 Å². The van der Waals surface area contributed by atoms with Gasteiger partial charge in [-0.05, 0) is 49.0 Å². The second-order valence-electron chi connectivity index (χ2n) is 6.17. The highest BCUT2D eigenvalue weighted by Crippen LogP contribution is 2.39. The number of hydrogen-bond acceptors (Lipinski definition) is 6. The number of carbonyl (C=O) groups excluding carboxylic acids is 2. The Morgan fingerprint density at radius 3 is 3.12 bits per heavy atom. The van der Waals surface area contributed by atoms with Gasteiger partial charge in [0.2, 0.25) is 0 Å². The van der Waals surface area contributed by atoms with Crippen LogP contribution in [-0.4, -0.2) is 18.5 Å². The topological polar surface area (TPSA) is 92.3 Å². The summed E-state index contributed by atoms with van der Waals surface area (Å²) in [5, 5.41) is 12.7. The van der Waals surface area contributed by atoms with Gasteiger partial charge in [0.15, 0.2) is 6.61 Å². The molecule has 1 atom stereocenters. The minimum absolute atomic E-state index is 0.412. The van der Waals surface area contributed by atoms with Crippen molar-refractivity contribution in [1.29, 1.82) is 5.26 Å². The molecule has 2 aromatic heterocycles. The summed E-state index contributed by atoms with van der Waals surface area (Å²) in [6.07, 6.45) is 6.98. The number of nitrogens with one attached hydrogen (secondary N) is 1. The van der Waals surface area contributed by atoms with Gasteiger partial charge in [-0.1, -0.05) is 6.92 Å². The van der Waals surface area contributed by atoms with Crippen LogP contribution in [0.3, 0.4) is 0 Å². The summed E-state index contributed by atoms with van der Waals surface area (Å²) in [7, 11) is 0. The fraction of sp³-hybridized carbons (Fsp3) is 0.316. The quantitative estimate of drug-likeness (QED) is 0.642. The number of nitrogens with zero attached hydrogens (tertiary/aromatic N) is 1. The molecule has 1 amide bonds. The predicted octanol–water partition coefficient (Wildman–Crippen LogP) is 3.53. The molecule has 0 bridgehead atoms. The number of anilines is 1. The summed E-state index contributed by atoms with van der Waals surface area (Å²) in [4.78, 5) is 24.9. The Hall–Kier alpha value is -2.85. The molecule has 1 N–H and O–H groups in total. The minimum atomic E-state index is -0.642. The molecule has 0 radical (unpaired) electrons. The predicted molar refractivity (Wildman–Crippen MR) is 97.6 cm³/mol. The van der Waals surface area contributed by atoms with Crippen molar-refractivity contribution in [1.82, 2.24) is 0 Å². The van der Waals surface area contributed by atoms with Crippen LogP contribution in [0.25, 0.3) is 6.08 Å². The van der Waals surface area contributed by atoms with Crippen molar-refractivity contribution in [2.45, 2.75) is 26.2 Å². The highest BCUT2D eigenvalue weighted by atomic mass is 32.1. The van der Waals surface area contributed by atoms with Gasteiger partial charge in [-0.25, -0.2) is 4.79 Å². The minimum Gasteiger partial charge on any atom is -0.465 e. The SMILES string of the molecule is CC1CCc2c(sc(NC(=O)COC(=O)/C=C/c3ccco3)c2C#N)C1. The van der Waals surface area contributed by atoms with Gasteiger partial charge in [0.25, 0.3) is 5.91 Å². The molecule has 1 aliphatic carbocycles. The maximum atomic E-state index is 12.1. The third kappa shape index (κ3) is 4.21. The van der Waals surface area contributed by atoms with E-state index >= 15 is 0 Å². The maximum Gasteiger partial charge on any atom is 0.331 e. The first kappa shape index (κ1) is 18.0. The van der Waals surface area contributed by atoms with Gasteiger partial charge in [0, 0.05) is 11.0 Å². The number of ether oxygens (including phenoxy) is 1. The number of nitriles is 1. The molecule has 0 spiro atoms. The molecule has 0 saturated heterocycles. The van der Waals surface area contributed by atoms with Crippen molar-refractivity contribution < 1.29 is 18.7 Å². The zero-order valence-corrected chi connectivity index (χ0v) is 15.1. The van der Waals surface area contributed by atoms with Crippen LogP contribution < -0.4 is 5.32 Å². The molecule has 26 heavy (non-hydrogen) atoms. The third-order valence-corrected chi connectivity index (χ3v) is 5.32. The van der Waals surface area contributed by atoms with E-state index < -0.39 is 18.5 Å². The number of amides is 1. The van der Waals surface area contributed by atoms with E-state index in [-0.39, 0.29) is 0 Å². The van der Waals surface area contributed by atoms with Crippen molar-refractivity contribution in [3.8, 4) is 6.07 Å². The second-order valence-corrected chi connectivity index (χ2v) is 7.28. The molecule has 134 valence electrons. The van der Waals surface area contributed by atoms with E-state index in [0.29, 0.717) is 22.2 Å². The van der Waals surface area contributed by atoms with E-state index in [0.717, 1.165) is 29.7 Å². The Morgan fingerprint density at radius 1 is 1.54 bits per heavy atom. The van der Waals surface area contributed by atoms with Gasteiger partial charge in [0.1, 0.15) is 16.8 Å². The van der Waals surface area contributed by atoms with E-state index in [9.17, 15) is 14.9 Å². The largest absolute Gasteiger partial charge is 0.465 e. The first-order valence-electron chi connectivity index (χ1n) is 8.29. The fourth-order valence-corrected chi connectivity index (χ4v) is 4.22. The number of rotatable bonds is 5. The summed E-state index contributed by atoms with van der Waals surface area (Å²) >= 11 is 1.44. The van der Waals surface area contributed by atoms with Gasteiger partial charge >= 0.3 is 5.97 Å². The molecule has 7 heteroatoms. The summed E-state index contributed by atoms with van der Waals surface area (Å²) in [5.74, 6) is -0.00847. The summed E-state index contributed by atoms with van der Waals surface area (Å²) in [6, 6.07) is 5.59. The lowest BCUT2D eigenvalue weighted by Gasteiger charge is -2.17. The van der Waals surface area contributed by atoms with Gasteiger partial charge in [-0.15, -0.1) is 11.3 Å². The highest BCUT2D eigenvalue weighted by molar-refractivity contribution is 7.16. The van der Waals surface area contributed by atoms with Gasteiger partial charge in [0.05, 0.1) is 11.8 Å². The maximum absolute atomic E-state index is 12.1. The lowest BCUT2D eigenvalue weighted by atomic mass is 9.89. The molecular weight excluding hydrogens is 352 g/mol. The van der Waals surface area contributed by atoms with E-state index in [1.807, 2.05) is 0 Å². The molecule has 1 unspecified atom stereocenters. The molecule has 3 rings (SSSR count). The Morgan fingerprint density at radius 2 is 2.38 bits per heavy atom. The smallest absolute Gasteiger partial charge is 0.331 e. The van der Waals surface area contributed by atoms with Crippen LogP contribution in [0.2, 0.25) is 0 Å². The van der Waals surface area contributed by atoms with Gasteiger partial charge in [-0.3, -0.25) is 4.79 Å². The zero-order chi connectivity index (χ0) is 18.5. The molecule has 2 heterocycles. The zero-order valence-electron chi connectivity index (χ0n) is 14.3. The first-order valence-corrected chi connectivity index (χ1v) is 9.11. The molecule has 2 aromatic rings. The second kappa shape index (κ2) is 8.02. The lowest BCUT2D eigenvalue weighted by Crippen LogP contribution is -2.20. The van der Waals surface area contributed by atoms with Crippen LogP contribution in [0.4, 0.5) is 5.00 Å². The molecule has 0 saturated carbocycles. The normalized spacial score (nSPS) is 16.1. The lowest BCUT2D eigenvalue weighted by molar-refractivity contribution is -0.142. The molecule has 0 aliphatic heterocycles. The standard InChI is InChI=1S/C19H18N2O4S/c1-12-4-6-14-15(10-20)19(26-16(14)9-12)21-17(22)11-25-18(23)7-5-13-3-2-8-24-13/h2-3,5,7-8,12H,4,6,9,11H2,1H3,(H,21,22)/b7-5+. The van der Waals surface area contributed by atoms with E-state index in [1.54, 1.807) is 12.1 Å². The van der Waals surface area contributed by atoms with Crippen LogP contribution in [0.15, 0.2) is 28.9 Å². The number of hydrogen-bond donors (Lipinski definition) is 1. The average Bonchev–Trinajstić information content (AvgIpc) is 3.24. The van der Waals surface area contributed by atoms with Crippen LogP contribution in [0, 0.1) is 17.2 Å². The number of thiophene rings is 1. The van der Waals surface area contributed by atoms with E-state index in [1.165, 1.54) is 29.8 Å². The van der Waals surface area contributed by atoms with E-state index in [4.69, 9.17) is 9.15 Å². The molecule has 1 aliphatic rings. The van der Waals surface area contributed by atoms with E-state index in [2.05, 4.69) is 18.3 Å². The Kier molecular flexibility index (Phi) is 5.54.